The Hall–Kier alpha value is -7.69. The van der Waals surface area contributed by atoms with Crippen molar-refractivity contribution < 1.29 is 0 Å². The molecular formula is C57H40N4. The highest BCUT2D eigenvalue weighted by molar-refractivity contribution is 6.18. The van der Waals surface area contributed by atoms with Gasteiger partial charge in [0.25, 0.3) is 0 Å². The molecule has 1 atom stereocenters. The minimum Gasteiger partial charge on any atom is -0.359 e. The van der Waals surface area contributed by atoms with E-state index in [4.69, 9.17) is 4.99 Å². The number of fused-ring (bicyclic) bond motifs is 10. The number of rotatable bonds is 4. The number of amidine groups is 1. The van der Waals surface area contributed by atoms with Crippen molar-refractivity contribution in [1.82, 2.24) is 14.5 Å². The molecule has 1 unspecified atom stereocenters. The Labute approximate surface area is 353 Å². The summed E-state index contributed by atoms with van der Waals surface area (Å²) in [4.78, 5) is 5.64. The molecule has 13 rings (SSSR count). The maximum atomic E-state index is 5.64. The van der Waals surface area contributed by atoms with Gasteiger partial charge in [-0.3, -0.25) is 0 Å². The van der Waals surface area contributed by atoms with Crippen LogP contribution in [0.5, 0.6) is 0 Å². The fourth-order valence-electron chi connectivity index (χ4n) is 10.8. The molecular weight excluding hydrogens is 741 g/mol. The van der Waals surface area contributed by atoms with Gasteiger partial charge in [-0.05, 0) is 87.5 Å². The van der Waals surface area contributed by atoms with E-state index >= 15 is 0 Å². The van der Waals surface area contributed by atoms with Gasteiger partial charge in [-0.2, -0.15) is 0 Å². The first-order valence-corrected chi connectivity index (χ1v) is 21.3. The molecule has 0 fully saturated rings. The first-order chi connectivity index (χ1) is 30.0. The van der Waals surface area contributed by atoms with E-state index in [-0.39, 0.29) is 11.5 Å². The lowest BCUT2D eigenvalue weighted by Gasteiger charge is -2.35. The van der Waals surface area contributed by atoms with Crippen LogP contribution in [0.3, 0.4) is 0 Å². The summed E-state index contributed by atoms with van der Waals surface area (Å²) >= 11 is 0. The van der Waals surface area contributed by atoms with Gasteiger partial charge in [0.2, 0.25) is 0 Å². The zero-order chi connectivity index (χ0) is 40.4. The summed E-state index contributed by atoms with van der Waals surface area (Å²) in [6.07, 6.45) is 0. The third-order valence-corrected chi connectivity index (χ3v) is 13.6. The van der Waals surface area contributed by atoms with Gasteiger partial charge in [-0.25, -0.2) is 4.99 Å². The molecule has 0 radical (unpaired) electrons. The van der Waals surface area contributed by atoms with E-state index in [1.807, 2.05) is 0 Å². The van der Waals surface area contributed by atoms with Crippen LogP contribution in [0, 0.1) is 0 Å². The lowest BCUT2D eigenvalue weighted by Crippen LogP contribution is -2.37. The maximum Gasteiger partial charge on any atom is 0.135 e. The van der Waals surface area contributed by atoms with Crippen molar-refractivity contribution in [2.75, 3.05) is 0 Å². The van der Waals surface area contributed by atoms with E-state index in [0.717, 1.165) is 33.9 Å². The minimum atomic E-state index is -0.244. The van der Waals surface area contributed by atoms with E-state index in [1.165, 1.54) is 82.0 Å². The Morgan fingerprint density at radius 2 is 1.07 bits per heavy atom. The van der Waals surface area contributed by atoms with Crippen LogP contribution in [0.2, 0.25) is 0 Å². The van der Waals surface area contributed by atoms with Crippen LogP contribution in [0.15, 0.2) is 205 Å². The third kappa shape index (κ3) is 4.85. The highest BCUT2D eigenvalue weighted by Gasteiger charge is 2.44. The molecule has 11 aromatic rings. The Balaban J connectivity index is 1.03. The van der Waals surface area contributed by atoms with E-state index in [0.29, 0.717) is 0 Å². The Bertz CT molecular complexity index is 3710. The van der Waals surface area contributed by atoms with Crippen LogP contribution in [-0.2, 0) is 5.41 Å². The first-order valence-electron chi connectivity index (χ1n) is 21.3. The highest BCUT2D eigenvalue weighted by Crippen LogP contribution is 2.53. The number of nitrogens with zero attached hydrogens (tertiary/aromatic N) is 3. The summed E-state index contributed by atoms with van der Waals surface area (Å²) in [7, 11) is 0. The lowest BCUT2D eigenvalue weighted by atomic mass is 9.76. The molecule has 2 aliphatic rings. The van der Waals surface area contributed by atoms with Gasteiger partial charge in [-0.1, -0.05) is 153 Å². The molecule has 0 saturated carbocycles. The van der Waals surface area contributed by atoms with E-state index in [1.54, 1.807) is 0 Å². The van der Waals surface area contributed by atoms with Crippen molar-refractivity contribution in [2.24, 2.45) is 4.99 Å². The summed E-state index contributed by atoms with van der Waals surface area (Å²) in [5, 5.41) is 13.9. The van der Waals surface area contributed by atoms with Gasteiger partial charge >= 0.3 is 0 Å². The van der Waals surface area contributed by atoms with E-state index in [9.17, 15) is 0 Å². The maximum absolute atomic E-state index is 5.64. The van der Waals surface area contributed by atoms with Gasteiger partial charge in [0, 0.05) is 49.2 Å². The van der Waals surface area contributed by atoms with Gasteiger partial charge in [0.15, 0.2) is 0 Å². The third-order valence-electron chi connectivity index (χ3n) is 13.6. The molecule has 1 N–H and O–H groups in total. The molecule has 0 saturated heterocycles. The predicted octanol–water partition coefficient (Wildman–Crippen LogP) is 14.0. The summed E-state index contributed by atoms with van der Waals surface area (Å²) in [6, 6.07) is 71.0. The topological polar surface area (TPSA) is 34.2 Å². The average Bonchev–Trinajstić information content (AvgIpc) is 3.90. The summed E-state index contributed by atoms with van der Waals surface area (Å²) < 4.78 is 4.87. The van der Waals surface area contributed by atoms with Crippen molar-refractivity contribution in [1.29, 1.82) is 0 Å². The van der Waals surface area contributed by atoms with Gasteiger partial charge < -0.3 is 14.5 Å². The quantitative estimate of drug-likeness (QED) is 0.190. The monoisotopic (exact) mass is 780 g/mol. The molecule has 0 bridgehead atoms. The Morgan fingerprint density at radius 3 is 1.87 bits per heavy atom. The smallest absolute Gasteiger partial charge is 0.135 e. The van der Waals surface area contributed by atoms with Crippen molar-refractivity contribution >= 4 is 76.7 Å². The first kappa shape index (κ1) is 34.2. The SMILES string of the molecule is CC1(C)C2=C(N=C(c3ccc(-n4c5ccccc5c5cc6ccccc6cc54)c4ccccc34)NC2c2ccc3c4ccccc4n(-c4ccccc4)c3c2)c2ccccc21. The molecule has 0 spiro atoms. The van der Waals surface area contributed by atoms with Crippen molar-refractivity contribution in [3.8, 4) is 11.4 Å². The molecule has 4 nitrogen and oxygen atoms in total. The van der Waals surface area contributed by atoms with E-state index < -0.39 is 0 Å². The number of aliphatic imine (C=N–C) groups is 1. The summed E-state index contributed by atoms with van der Waals surface area (Å²) in [5.74, 6) is 0.885. The lowest BCUT2D eigenvalue weighted by molar-refractivity contribution is 0.554. The van der Waals surface area contributed by atoms with E-state index in [2.05, 4.69) is 222 Å². The van der Waals surface area contributed by atoms with Crippen molar-refractivity contribution in [3.05, 3.63) is 222 Å². The second-order valence-electron chi connectivity index (χ2n) is 17.2. The second-order valence-corrected chi connectivity index (χ2v) is 17.2. The number of hydrogen-bond acceptors (Lipinski definition) is 2. The molecule has 1 aliphatic heterocycles. The van der Waals surface area contributed by atoms with Crippen molar-refractivity contribution in [3.63, 3.8) is 0 Å². The fourth-order valence-corrected chi connectivity index (χ4v) is 10.8. The molecule has 4 heteroatoms. The Morgan fingerprint density at radius 1 is 0.459 bits per heavy atom. The zero-order valence-corrected chi connectivity index (χ0v) is 33.9. The number of aromatic nitrogens is 2. The van der Waals surface area contributed by atoms with Crippen LogP contribution < -0.4 is 5.32 Å². The standard InChI is InChI=1S/C57H40N4/c1-57(2)47-25-13-10-24-45(47)55-53(57)54(37-28-29-43-41-22-11-14-26-48(41)60(51(43)34-37)38-18-4-3-5-19-38)58-56(59-55)44-30-31-50(40-21-9-8-20-39(40)44)61-49-27-15-12-23-42(49)46-32-35-16-6-7-17-36(35)33-52(46)61/h3-34,54H,1-2H3,(H,58,59). The minimum absolute atomic E-state index is 0.124. The predicted molar refractivity (Wildman–Crippen MR) is 255 cm³/mol. The molecule has 3 heterocycles. The number of para-hydroxylation sites is 3. The van der Waals surface area contributed by atoms with Gasteiger partial charge in [-0.15, -0.1) is 0 Å². The summed E-state index contributed by atoms with van der Waals surface area (Å²) in [6.45, 7) is 4.73. The summed E-state index contributed by atoms with van der Waals surface area (Å²) in [5.41, 5.74) is 14.1. The largest absolute Gasteiger partial charge is 0.359 e. The van der Waals surface area contributed by atoms with Crippen LogP contribution in [-0.4, -0.2) is 15.0 Å². The molecule has 0 amide bonds. The van der Waals surface area contributed by atoms with Gasteiger partial charge in [0.05, 0.1) is 39.5 Å². The van der Waals surface area contributed by atoms with Crippen LogP contribution >= 0.6 is 0 Å². The number of nitrogens with one attached hydrogen (secondary N) is 1. The average molecular weight is 781 g/mol. The van der Waals surface area contributed by atoms with Crippen molar-refractivity contribution in [2.45, 2.75) is 25.3 Å². The molecule has 61 heavy (non-hydrogen) atoms. The Kier molecular flexibility index (Phi) is 7.10. The highest BCUT2D eigenvalue weighted by atomic mass is 15.1. The molecule has 9 aromatic carbocycles. The molecule has 288 valence electrons. The zero-order valence-electron chi connectivity index (χ0n) is 33.9. The number of hydrogen-bond donors (Lipinski definition) is 1. The van der Waals surface area contributed by atoms with Crippen LogP contribution in [0.1, 0.15) is 42.1 Å². The number of benzene rings is 9. The van der Waals surface area contributed by atoms with Gasteiger partial charge in [0.1, 0.15) is 5.84 Å². The fraction of sp³-hybridized carbons (Fsp3) is 0.0702. The second kappa shape index (κ2) is 12.7. The molecule has 2 aromatic heterocycles. The normalized spacial score (nSPS) is 15.8. The van der Waals surface area contributed by atoms with Crippen LogP contribution in [0.25, 0.3) is 82.2 Å². The van der Waals surface area contributed by atoms with Crippen LogP contribution in [0.4, 0.5) is 0 Å². The molecule has 1 aliphatic carbocycles.